The lowest BCUT2D eigenvalue weighted by Crippen LogP contribution is -2.02. The van der Waals surface area contributed by atoms with Crippen molar-refractivity contribution in [1.29, 1.82) is 0 Å². The van der Waals surface area contributed by atoms with Crippen LogP contribution in [0.4, 0.5) is 0 Å². The Morgan fingerprint density at radius 3 is 2.64 bits per heavy atom. The molecule has 0 spiro atoms. The van der Waals surface area contributed by atoms with Gasteiger partial charge in [0.25, 0.3) is 0 Å². The molecular formula is C12H18O2. The number of hydrogen-bond donors (Lipinski definition) is 0. The zero-order valence-corrected chi connectivity index (χ0v) is 9.17. The average Bonchev–Trinajstić information content (AvgIpc) is 2.18. The fraction of sp³-hybridized carbons (Fsp3) is 0.500. The van der Waals surface area contributed by atoms with Crippen molar-refractivity contribution in [3.05, 3.63) is 29.3 Å². The molecule has 2 heteroatoms. The summed E-state index contributed by atoms with van der Waals surface area (Å²) in [6.45, 7) is 5.61. The van der Waals surface area contributed by atoms with Gasteiger partial charge < -0.3 is 9.47 Å². The lowest BCUT2D eigenvalue weighted by Gasteiger charge is -2.09. The zero-order valence-electron chi connectivity index (χ0n) is 9.17. The summed E-state index contributed by atoms with van der Waals surface area (Å²) in [5, 5.41) is 0. The quantitative estimate of drug-likeness (QED) is 0.671. The summed E-state index contributed by atoms with van der Waals surface area (Å²) in [6, 6.07) is 6.25. The number of benzene rings is 1. The molecule has 0 aliphatic heterocycles. The second kappa shape index (κ2) is 5.66. The van der Waals surface area contributed by atoms with E-state index < -0.39 is 0 Å². The van der Waals surface area contributed by atoms with E-state index in [2.05, 4.69) is 32.0 Å². The first-order chi connectivity index (χ1) is 6.74. The summed E-state index contributed by atoms with van der Waals surface area (Å²) < 4.78 is 10.6. The Bertz CT molecular complexity index is 282. The van der Waals surface area contributed by atoms with E-state index in [-0.39, 0.29) is 0 Å². The monoisotopic (exact) mass is 194 g/mol. The van der Waals surface area contributed by atoms with E-state index in [4.69, 9.17) is 9.47 Å². The maximum atomic E-state index is 5.64. The van der Waals surface area contributed by atoms with Crippen LogP contribution in [0, 0.1) is 13.8 Å². The molecule has 0 aliphatic carbocycles. The van der Waals surface area contributed by atoms with Gasteiger partial charge in [-0.25, -0.2) is 0 Å². The summed E-state index contributed by atoms with van der Waals surface area (Å²) >= 11 is 0. The Morgan fingerprint density at radius 1 is 1.14 bits per heavy atom. The Hall–Kier alpha value is -1.02. The minimum atomic E-state index is 0.720. The molecule has 0 aromatic heterocycles. The number of hydrogen-bond acceptors (Lipinski definition) is 2. The molecule has 0 saturated heterocycles. The normalized spacial score (nSPS) is 10.2. The molecule has 0 aliphatic rings. The molecule has 0 unspecified atom stereocenters. The van der Waals surface area contributed by atoms with Crippen molar-refractivity contribution in [3.63, 3.8) is 0 Å². The van der Waals surface area contributed by atoms with E-state index in [0.29, 0.717) is 0 Å². The van der Waals surface area contributed by atoms with Crippen molar-refractivity contribution in [3.8, 4) is 5.75 Å². The first-order valence-electron chi connectivity index (χ1n) is 4.93. The fourth-order valence-corrected chi connectivity index (χ4v) is 1.25. The van der Waals surface area contributed by atoms with Crippen LogP contribution >= 0.6 is 0 Å². The Morgan fingerprint density at radius 2 is 1.93 bits per heavy atom. The third kappa shape index (κ3) is 3.38. The molecule has 1 aromatic rings. The van der Waals surface area contributed by atoms with Crippen molar-refractivity contribution in [1.82, 2.24) is 0 Å². The maximum Gasteiger partial charge on any atom is 0.122 e. The molecular weight excluding hydrogens is 176 g/mol. The van der Waals surface area contributed by atoms with E-state index in [1.807, 2.05) is 0 Å². The topological polar surface area (TPSA) is 18.5 Å². The minimum Gasteiger partial charge on any atom is -0.493 e. The molecule has 0 fully saturated rings. The van der Waals surface area contributed by atoms with Crippen LogP contribution < -0.4 is 4.74 Å². The number of ether oxygens (including phenoxy) is 2. The highest BCUT2D eigenvalue weighted by Crippen LogP contribution is 2.18. The van der Waals surface area contributed by atoms with Crippen molar-refractivity contribution in [2.24, 2.45) is 0 Å². The van der Waals surface area contributed by atoms with Gasteiger partial charge in [-0.3, -0.25) is 0 Å². The second-order valence-electron chi connectivity index (χ2n) is 3.46. The van der Waals surface area contributed by atoms with Crippen LogP contribution in [0.25, 0.3) is 0 Å². The van der Waals surface area contributed by atoms with E-state index in [0.717, 1.165) is 25.4 Å². The molecule has 0 amide bonds. The molecule has 0 heterocycles. The van der Waals surface area contributed by atoms with E-state index >= 15 is 0 Å². The van der Waals surface area contributed by atoms with Gasteiger partial charge in [-0.1, -0.05) is 12.1 Å². The van der Waals surface area contributed by atoms with Crippen molar-refractivity contribution in [2.45, 2.75) is 20.3 Å². The molecule has 0 saturated carbocycles. The molecule has 2 nitrogen and oxygen atoms in total. The number of aryl methyl sites for hydroxylation is 2. The molecule has 0 bridgehead atoms. The van der Waals surface area contributed by atoms with Crippen LogP contribution in [0.2, 0.25) is 0 Å². The summed E-state index contributed by atoms with van der Waals surface area (Å²) in [5.41, 5.74) is 2.42. The van der Waals surface area contributed by atoms with E-state index in [1.165, 1.54) is 11.1 Å². The Labute approximate surface area is 85.8 Å². The molecule has 1 rings (SSSR count). The predicted molar refractivity (Wildman–Crippen MR) is 57.9 cm³/mol. The highest BCUT2D eigenvalue weighted by molar-refractivity contribution is 5.35. The van der Waals surface area contributed by atoms with Gasteiger partial charge in [-0.05, 0) is 31.0 Å². The van der Waals surface area contributed by atoms with Gasteiger partial charge in [0, 0.05) is 20.1 Å². The van der Waals surface area contributed by atoms with Crippen LogP contribution in [-0.2, 0) is 4.74 Å². The Balaban J connectivity index is 2.45. The van der Waals surface area contributed by atoms with Gasteiger partial charge in [-0.15, -0.1) is 0 Å². The summed E-state index contributed by atoms with van der Waals surface area (Å²) in [7, 11) is 1.71. The average molecular weight is 194 g/mol. The lowest BCUT2D eigenvalue weighted by atomic mass is 10.1. The molecule has 0 atom stereocenters. The van der Waals surface area contributed by atoms with Crippen LogP contribution in [0.3, 0.4) is 0 Å². The van der Waals surface area contributed by atoms with Crippen molar-refractivity contribution < 1.29 is 9.47 Å². The SMILES string of the molecule is COCCCOc1cc(C)ccc1C. The van der Waals surface area contributed by atoms with E-state index in [9.17, 15) is 0 Å². The minimum absolute atomic E-state index is 0.720. The summed E-state index contributed by atoms with van der Waals surface area (Å²) in [5.74, 6) is 0.987. The van der Waals surface area contributed by atoms with Gasteiger partial charge >= 0.3 is 0 Å². The van der Waals surface area contributed by atoms with Gasteiger partial charge in [0.2, 0.25) is 0 Å². The highest BCUT2D eigenvalue weighted by Gasteiger charge is 1.98. The van der Waals surface area contributed by atoms with Gasteiger partial charge in [0.1, 0.15) is 5.75 Å². The largest absolute Gasteiger partial charge is 0.493 e. The lowest BCUT2D eigenvalue weighted by molar-refractivity contribution is 0.172. The predicted octanol–water partition coefficient (Wildman–Crippen LogP) is 2.72. The first kappa shape index (κ1) is 11.1. The van der Waals surface area contributed by atoms with Crippen molar-refractivity contribution in [2.75, 3.05) is 20.3 Å². The number of rotatable bonds is 5. The third-order valence-electron chi connectivity index (χ3n) is 2.09. The molecule has 14 heavy (non-hydrogen) atoms. The van der Waals surface area contributed by atoms with Gasteiger partial charge in [-0.2, -0.15) is 0 Å². The number of methoxy groups -OCH3 is 1. The van der Waals surface area contributed by atoms with Crippen LogP contribution in [0.1, 0.15) is 17.5 Å². The summed E-state index contributed by atoms with van der Waals surface area (Å²) in [4.78, 5) is 0. The molecule has 0 radical (unpaired) electrons. The van der Waals surface area contributed by atoms with Crippen LogP contribution in [0.15, 0.2) is 18.2 Å². The van der Waals surface area contributed by atoms with Crippen LogP contribution in [-0.4, -0.2) is 20.3 Å². The smallest absolute Gasteiger partial charge is 0.122 e. The first-order valence-corrected chi connectivity index (χ1v) is 4.93. The Kier molecular flexibility index (Phi) is 4.47. The molecule has 78 valence electrons. The van der Waals surface area contributed by atoms with Gasteiger partial charge in [0.15, 0.2) is 0 Å². The fourth-order valence-electron chi connectivity index (χ4n) is 1.25. The molecule has 1 aromatic carbocycles. The van der Waals surface area contributed by atoms with Crippen molar-refractivity contribution >= 4 is 0 Å². The molecule has 0 N–H and O–H groups in total. The van der Waals surface area contributed by atoms with Crippen LogP contribution in [0.5, 0.6) is 5.75 Å². The third-order valence-corrected chi connectivity index (χ3v) is 2.09. The van der Waals surface area contributed by atoms with Gasteiger partial charge in [0.05, 0.1) is 6.61 Å². The summed E-state index contributed by atoms with van der Waals surface area (Å²) in [6.07, 6.45) is 0.934. The standard InChI is InChI=1S/C12H18O2/c1-10-5-6-11(2)12(9-10)14-8-4-7-13-3/h5-6,9H,4,7-8H2,1-3H3. The van der Waals surface area contributed by atoms with E-state index in [1.54, 1.807) is 7.11 Å². The maximum absolute atomic E-state index is 5.64. The second-order valence-corrected chi connectivity index (χ2v) is 3.46. The zero-order chi connectivity index (χ0) is 10.4. The highest BCUT2D eigenvalue weighted by atomic mass is 16.5.